The van der Waals surface area contributed by atoms with Crippen LogP contribution in [0.2, 0.25) is 0 Å². The van der Waals surface area contributed by atoms with Crippen molar-refractivity contribution in [1.82, 2.24) is 5.32 Å². The van der Waals surface area contributed by atoms with E-state index in [-0.39, 0.29) is 5.97 Å². The molecular formula is C18H29NO2. The molecule has 3 nitrogen and oxygen atoms in total. The van der Waals surface area contributed by atoms with E-state index in [4.69, 9.17) is 4.74 Å². The second kappa shape index (κ2) is 10.4. The number of carbonyl (C=O) groups is 1. The van der Waals surface area contributed by atoms with E-state index in [1.807, 2.05) is 18.2 Å². The highest BCUT2D eigenvalue weighted by atomic mass is 16.5. The number of nitrogens with one attached hydrogen (secondary N) is 1. The standard InChI is InChI=1S/C18H29NO2/c1-4-6-9-15(5-2)13-19-14-17-11-8-7-10-16(17)12-18(20)21-3/h7-8,10-11,15,19H,4-6,9,12-14H2,1-3H3. The van der Waals surface area contributed by atoms with Crippen LogP contribution in [0.4, 0.5) is 0 Å². The Kier molecular flexibility index (Phi) is 8.76. The van der Waals surface area contributed by atoms with Gasteiger partial charge < -0.3 is 10.1 Å². The molecule has 0 radical (unpaired) electrons. The van der Waals surface area contributed by atoms with Crippen molar-refractivity contribution in [2.24, 2.45) is 5.92 Å². The highest BCUT2D eigenvalue weighted by Crippen LogP contribution is 2.13. The normalized spacial score (nSPS) is 12.1. The highest BCUT2D eigenvalue weighted by Gasteiger charge is 2.09. The third-order valence-corrected chi connectivity index (χ3v) is 3.97. The Morgan fingerprint density at radius 2 is 1.95 bits per heavy atom. The van der Waals surface area contributed by atoms with E-state index in [9.17, 15) is 4.79 Å². The van der Waals surface area contributed by atoms with E-state index < -0.39 is 0 Å². The fourth-order valence-electron chi connectivity index (χ4n) is 2.48. The van der Waals surface area contributed by atoms with Gasteiger partial charge in [0.25, 0.3) is 0 Å². The third-order valence-electron chi connectivity index (χ3n) is 3.97. The van der Waals surface area contributed by atoms with Crippen LogP contribution in [0.1, 0.15) is 50.7 Å². The van der Waals surface area contributed by atoms with Gasteiger partial charge in [-0.1, -0.05) is 57.4 Å². The van der Waals surface area contributed by atoms with Crippen LogP contribution in [0.15, 0.2) is 24.3 Å². The van der Waals surface area contributed by atoms with Crippen molar-refractivity contribution in [3.8, 4) is 0 Å². The van der Waals surface area contributed by atoms with Gasteiger partial charge in [0.2, 0.25) is 0 Å². The Bertz CT molecular complexity index is 417. The highest BCUT2D eigenvalue weighted by molar-refractivity contribution is 5.72. The summed E-state index contributed by atoms with van der Waals surface area (Å²) in [6, 6.07) is 8.07. The molecule has 0 heterocycles. The zero-order valence-electron chi connectivity index (χ0n) is 13.7. The van der Waals surface area contributed by atoms with Crippen molar-refractivity contribution in [1.29, 1.82) is 0 Å². The molecule has 0 amide bonds. The maximum absolute atomic E-state index is 11.4. The Morgan fingerprint density at radius 1 is 1.24 bits per heavy atom. The van der Waals surface area contributed by atoms with Crippen LogP contribution in [0.25, 0.3) is 0 Å². The van der Waals surface area contributed by atoms with E-state index in [2.05, 4.69) is 25.2 Å². The summed E-state index contributed by atoms with van der Waals surface area (Å²) in [5.74, 6) is 0.564. The van der Waals surface area contributed by atoms with Crippen molar-refractivity contribution in [3.63, 3.8) is 0 Å². The summed E-state index contributed by atoms with van der Waals surface area (Å²) in [5.41, 5.74) is 2.24. The molecule has 1 N–H and O–H groups in total. The number of carbonyl (C=O) groups excluding carboxylic acids is 1. The van der Waals surface area contributed by atoms with E-state index in [1.165, 1.54) is 38.4 Å². The van der Waals surface area contributed by atoms with Gasteiger partial charge in [-0.3, -0.25) is 4.79 Å². The minimum atomic E-state index is -0.183. The predicted molar refractivity (Wildman–Crippen MR) is 87.2 cm³/mol. The molecule has 1 aromatic rings. The number of rotatable bonds is 10. The van der Waals surface area contributed by atoms with Crippen molar-refractivity contribution >= 4 is 5.97 Å². The number of hydrogen-bond donors (Lipinski definition) is 1. The van der Waals surface area contributed by atoms with Crippen LogP contribution < -0.4 is 5.32 Å². The predicted octanol–water partition coefficient (Wildman–Crippen LogP) is 3.71. The zero-order valence-corrected chi connectivity index (χ0v) is 13.7. The quantitative estimate of drug-likeness (QED) is 0.668. The smallest absolute Gasteiger partial charge is 0.309 e. The molecule has 0 aliphatic heterocycles. The van der Waals surface area contributed by atoms with Crippen molar-refractivity contribution in [2.45, 2.75) is 52.5 Å². The Hall–Kier alpha value is -1.35. The molecule has 0 bridgehead atoms. The summed E-state index contributed by atoms with van der Waals surface area (Å²) < 4.78 is 4.75. The Balaban J connectivity index is 2.49. The maximum Gasteiger partial charge on any atom is 0.309 e. The lowest BCUT2D eigenvalue weighted by molar-refractivity contribution is -0.139. The summed E-state index contributed by atoms with van der Waals surface area (Å²) in [5, 5.41) is 3.54. The summed E-state index contributed by atoms with van der Waals surface area (Å²) in [4.78, 5) is 11.4. The van der Waals surface area contributed by atoms with Crippen LogP contribution in [-0.2, 0) is 22.5 Å². The summed E-state index contributed by atoms with van der Waals surface area (Å²) in [7, 11) is 1.43. The van der Waals surface area contributed by atoms with Gasteiger partial charge in [0, 0.05) is 6.54 Å². The first-order chi connectivity index (χ1) is 10.2. The molecule has 0 aliphatic carbocycles. The molecule has 3 heteroatoms. The number of unbranched alkanes of at least 4 members (excludes halogenated alkanes) is 1. The number of ether oxygens (including phenoxy) is 1. The van der Waals surface area contributed by atoms with Crippen LogP contribution in [0.3, 0.4) is 0 Å². The van der Waals surface area contributed by atoms with Crippen LogP contribution in [-0.4, -0.2) is 19.6 Å². The molecular weight excluding hydrogens is 262 g/mol. The number of methoxy groups -OCH3 is 1. The molecule has 118 valence electrons. The SMILES string of the molecule is CCCCC(CC)CNCc1ccccc1CC(=O)OC. The lowest BCUT2D eigenvalue weighted by Crippen LogP contribution is -2.23. The average molecular weight is 291 g/mol. The van der Waals surface area contributed by atoms with Crippen LogP contribution in [0, 0.1) is 5.92 Å². The first-order valence-electron chi connectivity index (χ1n) is 8.05. The van der Waals surface area contributed by atoms with E-state index in [1.54, 1.807) is 0 Å². The lowest BCUT2D eigenvalue weighted by atomic mass is 9.99. The molecule has 0 aromatic heterocycles. The molecule has 21 heavy (non-hydrogen) atoms. The van der Waals surface area contributed by atoms with Gasteiger partial charge in [-0.25, -0.2) is 0 Å². The fourth-order valence-corrected chi connectivity index (χ4v) is 2.48. The van der Waals surface area contributed by atoms with Crippen molar-refractivity contribution in [3.05, 3.63) is 35.4 Å². The summed E-state index contributed by atoms with van der Waals surface area (Å²) in [6.45, 7) is 6.36. The van der Waals surface area contributed by atoms with Gasteiger partial charge >= 0.3 is 5.97 Å². The Labute approximate surface area is 129 Å². The first-order valence-corrected chi connectivity index (χ1v) is 8.05. The summed E-state index contributed by atoms with van der Waals surface area (Å²) in [6.07, 6.45) is 5.43. The first kappa shape index (κ1) is 17.7. The molecule has 1 atom stereocenters. The van der Waals surface area contributed by atoms with Gasteiger partial charge in [-0.2, -0.15) is 0 Å². The number of hydrogen-bond acceptors (Lipinski definition) is 3. The largest absolute Gasteiger partial charge is 0.469 e. The number of esters is 1. The van der Waals surface area contributed by atoms with Gasteiger partial charge in [0.05, 0.1) is 13.5 Å². The minimum absolute atomic E-state index is 0.183. The second-order valence-corrected chi connectivity index (χ2v) is 5.57. The molecule has 0 saturated carbocycles. The van der Waals surface area contributed by atoms with Crippen LogP contribution in [0.5, 0.6) is 0 Å². The maximum atomic E-state index is 11.4. The van der Waals surface area contributed by atoms with Gasteiger partial charge in [-0.05, 0) is 30.0 Å². The van der Waals surface area contributed by atoms with Gasteiger partial charge in [0.15, 0.2) is 0 Å². The summed E-state index contributed by atoms with van der Waals surface area (Å²) >= 11 is 0. The fraction of sp³-hybridized carbons (Fsp3) is 0.611. The topological polar surface area (TPSA) is 38.3 Å². The molecule has 0 aliphatic rings. The van der Waals surface area contributed by atoms with Gasteiger partial charge in [0.1, 0.15) is 0 Å². The molecule has 0 fully saturated rings. The number of benzene rings is 1. The van der Waals surface area contributed by atoms with E-state index in [0.29, 0.717) is 6.42 Å². The van der Waals surface area contributed by atoms with Crippen LogP contribution >= 0.6 is 0 Å². The average Bonchev–Trinajstić information content (AvgIpc) is 2.52. The second-order valence-electron chi connectivity index (χ2n) is 5.57. The molecule has 1 aromatic carbocycles. The molecule has 0 spiro atoms. The monoisotopic (exact) mass is 291 g/mol. The lowest BCUT2D eigenvalue weighted by Gasteiger charge is -2.16. The van der Waals surface area contributed by atoms with Crippen molar-refractivity contribution < 1.29 is 9.53 Å². The molecule has 0 saturated heterocycles. The minimum Gasteiger partial charge on any atom is -0.469 e. The third kappa shape index (κ3) is 6.76. The van der Waals surface area contributed by atoms with Crippen molar-refractivity contribution in [2.75, 3.05) is 13.7 Å². The zero-order chi connectivity index (χ0) is 15.5. The Morgan fingerprint density at radius 3 is 2.57 bits per heavy atom. The molecule has 1 rings (SSSR count). The van der Waals surface area contributed by atoms with E-state index in [0.717, 1.165) is 24.6 Å². The van der Waals surface area contributed by atoms with E-state index >= 15 is 0 Å². The van der Waals surface area contributed by atoms with Gasteiger partial charge in [-0.15, -0.1) is 0 Å². The molecule has 1 unspecified atom stereocenters.